The summed E-state index contributed by atoms with van der Waals surface area (Å²) in [5.41, 5.74) is 15.4. The van der Waals surface area contributed by atoms with Gasteiger partial charge in [-0.3, -0.25) is 0 Å². The Morgan fingerprint density at radius 3 is 1.72 bits per heavy atom. The molecule has 4 nitrogen and oxygen atoms in total. The number of benzene rings is 8. The topological polar surface area (TPSA) is 44.1 Å². The molecule has 0 unspecified atom stereocenters. The summed E-state index contributed by atoms with van der Waals surface area (Å²) in [6.45, 7) is 0. The highest BCUT2D eigenvalue weighted by atomic mass is 16.3. The zero-order valence-electron chi connectivity index (χ0n) is 30.7. The number of nitrogens with zero attached hydrogens (tertiary/aromatic N) is 2. The molecule has 0 aliphatic heterocycles. The van der Waals surface area contributed by atoms with Gasteiger partial charge in [-0.1, -0.05) is 115 Å². The summed E-state index contributed by atoms with van der Waals surface area (Å²) in [5, 5.41) is 6.89. The molecule has 57 heavy (non-hydrogen) atoms. The highest BCUT2D eigenvalue weighted by Crippen LogP contribution is 2.42. The van der Waals surface area contributed by atoms with E-state index in [4.69, 9.17) is 13.8 Å². The second-order valence-corrected chi connectivity index (χ2v) is 14.7. The van der Waals surface area contributed by atoms with Gasteiger partial charge in [-0.15, -0.1) is 0 Å². The number of hydrogen-bond acceptors (Lipinski definition) is 3. The first kappa shape index (κ1) is 31.6. The maximum Gasteiger partial charge on any atom is 0.136 e. The molecule has 0 spiro atoms. The van der Waals surface area contributed by atoms with Gasteiger partial charge in [0.1, 0.15) is 22.3 Å². The average molecular weight is 729 g/mol. The summed E-state index contributed by atoms with van der Waals surface area (Å²) < 4.78 is 14.9. The molecule has 0 atom stereocenters. The van der Waals surface area contributed by atoms with Crippen LogP contribution in [0.1, 0.15) is 0 Å². The predicted molar refractivity (Wildman–Crippen MR) is 235 cm³/mol. The third kappa shape index (κ3) is 5.04. The van der Waals surface area contributed by atoms with Crippen molar-refractivity contribution in [3.05, 3.63) is 194 Å². The molecule has 0 saturated heterocycles. The van der Waals surface area contributed by atoms with Crippen molar-refractivity contribution in [3.63, 3.8) is 0 Å². The van der Waals surface area contributed by atoms with Crippen LogP contribution in [0.4, 0.5) is 0 Å². The molecule has 0 N–H and O–H groups in total. The lowest BCUT2D eigenvalue weighted by atomic mass is 9.97. The van der Waals surface area contributed by atoms with E-state index >= 15 is 0 Å². The van der Waals surface area contributed by atoms with Crippen LogP contribution in [0.3, 0.4) is 0 Å². The van der Waals surface area contributed by atoms with Crippen LogP contribution in [-0.2, 0) is 0 Å². The monoisotopic (exact) mass is 728 g/mol. The van der Waals surface area contributed by atoms with Gasteiger partial charge in [0.25, 0.3) is 0 Å². The molecule has 4 heterocycles. The Hall–Kier alpha value is -7.69. The van der Waals surface area contributed by atoms with Crippen LogP contribution in [0.5, 0.6) is 0 Å². The first-order valence-corrected chi connectivity index (χ1v) is 19.3. The second kappa shape index (κ2) is 12.4. The summed E-state index contributed by atoms with van der Waals surface area (Å²) in [7, 11) is 0. The Balaban J connectivity index is 1.02. The van der Waals surface area contributed by atoms with Crippen molar-refractivity contribution in [1.82, 2.24) is 9.55 Å². The van der Waals surface area contributed by atoms with Crippen molar-refractivity contribution in [3.8, 4) is 50.5 Å². The van der Waals surface area contributed by atoms with Crippen LogP contribution in [0.15, 0.2) is 203 Å². The summed E-state index contributed by atoms with van der Waals surface area (Å²) in [5.74, 6) is 0. The van der Waals surface area contributed by atoms with Crippen LogP contribution >= 0.6 is 0 Å². The molecule has 4 heteroatoms. The SMILES string of the molecule is c1ccc(-c2cccc(-c3cc(-c4ccc(-n5c6ccccc6c6c7c(ccc65)oc5ccccc57)cc4)cc(-c4ccc5oc6ccccc6c5c4)n3)c2)cc1. The van der Waals surface area contributed by atoms with Crippen molar-refractivity contribution in [2.24, 2.45) is 0 Å². The summed E-state index contributed by atoms with van der Waals surface area (Å²) >= 11 is 0. The fourth-order valence-electron chi connectivity index (χ4n) is 8.72. The Kier molecular flexibility index (Phi) is 6.89. The lowest BCUT2D eigenvalue weighted by Crippen LogP contribution is -1.94. The molecule has 266 valence electrons. The van der Waals surface area contributed by atoms with Gasteiger partial charge in [-0.25, -0.2) is 4.98 Å². The van der Waals surface area contributed by atoms with Crippen molar-refractivity contribution in [2.75, 3.05) is 0 Å². The van der Waals surface area contributed by atoms with Gasteiger partial charge in [0.05, 0.1) is 22.4 Å². The highest BCUT2D eigenvalue weighted by molar-refractivity contribution is 6.27. The fourth-order valence-corrected chi connectivity index (χ4v) is 8.72. The van der Waals surface area contributed by atoms with E-state index in [-0.39, 0.29) is 0 Å². The summed E-state index contributed by atoms with van der Waals surface area (Å²) in [6, 6.07) is 68.5. The second-order valence-electron chi connectivity index (χ2n) is 14.7. The molecule has 0 saturated carbocycles. The fraction of sp³-hybridized carbons (Fsp3) is 0. The van der Waals surface area contributed by atoms with Crippen LogP contribution in [0, 0.1) is 0 Å². The van der Waals surface area contributed by atoms with Gasteiger partial charge in [0.2, 0.25) is 0 Å². The van der Waals surface area contributed by atoms with E-state index in [2.05, 4.69) is 174 Å². The Morgan fingerprint density at radius 2 is 0.895 bits per heavy atom. The van der Waals surface area contributed by atoms with E-state index in [0.717, 1.165) is 99.8 Å². The van der Waals surface area contributed by atoms with Gasteiger partial charge >= 0.3 is 0 Å². The minimum absolute atomic E-state index is 0.870. The predicted octanol–water partition coefficient (Wildman–Crippen LogP) is 14.6. The number of furan rings is 2. The number of para-hydroxylation sites is 3. The van der Waals surface area contributed by atoms with Crippen molar-refractivity contribution < 1.29 is 8.83 Å². The number of rotatable bonds is 5. The molecule has 0 bridgehead atoms. The number of aromatic nitrogens is 2. The Bertz CT molecular complexity index is 3510. The van der Waals surface area contributed by atoms with Crippen LogP contribution < -0.4 is 0 Å². The quantitative estimate of drug-likeness (QED) is 0.177. The zero-order chi connectivity index (χ0) is 37.5. The number of hydrogen-bond donors (Lipinski definition) is 0. The Morgan fingerprint density at radius 1 is 0.316 bits per heavy atom. The van der Waals surface area contributed by atoms with Crippen molar-refractivity contribution >= 4 is 65.7 Å². The maximum atomic E-state index is 6.32. The van der Waals surface area contributed by atoms with E-state index < -0.39 is 0 Å². The molecule has 8 aromatic carbocycles. The lowest BCUT2D eigenvalue weighted by molar-refractivity contribution is 0.668. The minimum Gasteiger partial charge on any atom is -0.456 e. The zero-order valence-corrected chi connectivity index (χ0v) is 30.7. The molecular weight excluding hydrogens is 697 g/mol. The summed E-state index contributed by atoms with van der Waals surface area (Å²) in [4.78, 5) is 5.33. The minimum atomic E-state index is 0.870. The first-order chi connectivity index (χ1) is 28.2. The Labute approximate surface area is 327 Å². The normalized spacial score (nSPS) is 11.9. The van der Waals surface area contributed by atoms with E-state index in [0.29, 0.717) is 0 Å². The maximum absolute atomic E-state index is 6.32. The molecule has 0 aliphatic carbocycles. The molecule has 4 aromatic heterocycles. The lowest BCUT2D eigenvalue weighted by Gasteiger charge is -2.13. The third-order valence-electron chi connectivity index (χ3n) is 11.4. The van der Waals surface area contributed by atoms with Crippen molar-refractivity contribution in [2.45, 2.75) is 0 Å². The molecule has 0 radical (unpaired) electrons. The van der Waals surface area contributed by atoms with E-state index in [1.54, 1.807) is 0 Å². The standard InChI is InChI=1S/C53H32N2O2/c1-2-11-33(12-3-1)35-13-10-14-36(29-35)44-31-38(32-45(54-44)37-23-27-50-43(30-37)40-15-5-8-19-48(40)56-50)34-21-24-39(25-22-34)55-46-18-7-4-16-41(46)52-47(55)26-28-51-53(52)42-17-6-9-20-49(42)57-51/h1-32H. The third-order valence-corrected chi connectivity index (χ3v) is 11.4. The largest absolute Gasteiger partial charge is 0.456 e. The van der Waals surface area contributed by atoms with Gasteiger partial charge in [-0.05, 0) is 101 Å². The van der Waals surface area contributed by atoms with Crippen LogP contribution in [0.2, 0.25) is 0 Å². The smallest absolute Gasteiger partial charge is 0.136 e. The molecule has 0 amide bonds. The van der Waals surface area contributed by atoms with Crippen LogP contribution in [0.25, 0.3) is 116 Å². The number of fused-ring (bicyclic) bond motifs is 10. The highest BCUT2D eigenvalue weighted by Gasteiger charge is 2.19. The van der Waals surface area contributed by atoms with Gasteiger partial charge in [-0.2, -0.15) is 0 Å². The van der Waals surface area contributed by atoms with E-state index in [1.165, 1.54) is 16.3 Å². The van der Waals surface area contributed by atoms with E-state index in [9.17, 15) is 0 Å². The molecule has 12 rings (SSSR count). The molecule has 0 aliphatic rings. The average Bonchev–Trinajstić information content (AvgIpc) is 3.96. The number of pyridine rings is 1. The van der Waals surface area contributed by atoms with Gasteiger partial charge in [0, 0.05) is 49.1 Å². The first-order valence-electron chi connectivity index (χ1n) is 19.3. The molecular formula is C53H32N2O2. The molecule has 12 aromatic rings. The van der Waals surface area contributed by atoms with Gasteiger partial charge < -0.3 is 13.4 Å². The van der Waals surface area contributed by atoms with E-state index in [1.807, 2.05) is 24.3 Å². The van der Waals surface area contributed by atoms with Crippen LogP contribution in [-0.4, -0.2) is 9.55 Å². The molecule has 0 fully saturated rings. The summed E-state index contributed by atoms with van der Waals surface area (Å²) in [6.07, 6.45) is 0. The van der Waals surface area contributed by atoms with Crippen molar-refractivity contribution in [1.29, 1.82) is 0 Å². The van der Waals surface area contributed by atoms with Gasteiger partial charge in [0.15, 0.2) is 0 Å².